The Hall–Kier alpha value is -2.13. The highest BCUT2D eigenvalue weighted by molar-refractivity contribution is 6.30. The lowest BCUT2D eigenvalue weighted by atomic mass is 9.95. The molecule has 0 N–H and O–H groups in total. The van der Waals surface area contributed by atoms with Crippen molar-refractivity contribution in [2.24, 2.45) is 10.2 Å². The minimum Gasteiger partial charge on any atom is -0.497 e. The maximum atomic E-state index is 5.97. The molecular formula is C17H15ClN2O. The molecule has 21 heavy (non-hydrogen) atoms. The Balaban J connectivity index is 2.17. The van der Waals surface area contributed by atoms with Gasteiger partial charge < -0.3 is 4.74 Å². The molecule has 1 heterocycles. The number of methoxy groups -OCH3 is 1. The van der Waals surface area contributed by atoms with Crippen LogP contribution in [0.2, 0.25) is 5.02 Å². The van der Waals surface area contributed by atoms with Crippen molar-refractivity contribution in [2.45, 2.75) is 13.3 Å². The quantitative estimate of drug-likeness (QED) is 0.821. The summed E-state index contributed by atoms with van der Waals surface area (Å²) < 4.78 is 5.34. The van der Waals surface area contributed by atoms with Crippen molar-refractivity contribution in [1.82, 2.24) is 0 Å². The van der Waals surface area contributed by atoms with Crippen molar-refractivity contribution in [3.05, 3.63) is 64.2 Å². The Morgan fingerprint density at radius 1 is 1.05 bits per heavy atom. The third-order valence-corrected chi connectivity index (χ3v) is 3.71. The fourth-order valence-electron chi connectivity index (χ4n) is 2.38. The van der Waals surface area contributed by atoms with Crippen LogP contribution in [-0.4, -0.2) is 18.5 Å². The highest BCUT2D eigenvalue weighted by Crippen LogP contribution is 2.25. The van der Waals surface area contributed by atoms with Gasteiger partial charge in [0.1, 0.15) is 11.5 Å². The second-order valence-electron chi connectivity index (χ2n) is 4.99. The molecule has 0 aromatic heterocycles. The number of nitrogens with zero attached hydrogens (tertiary/aromatic N) is 2. The number of benzene rings is 2. The Bertz CT molecular complexity index is 733. The van der Waals surface area contributed by atoms with Gasteiger partial charge in [-0.2, -0.15) is 5.10 Å². The molecule has 2 aromatic rings. The molecule has 3 rings (SSSR count). The predicted octanol–water partition coefficient (Wildman–Crippen LogP) is 4.12. The lowest BCUT2D eigenvalue weighted by Crippen LogP contribution is -2.07. The van der Waals surface area contributed by atoms with Gasteiger partial charge >= 0.3 is 0 Å². The number of ether oxygens (including phenoxy) is 1. The fraction of sp³-hybridized carbons (Fsp3) is 0.176. The van der Waals surface area contributed by atoms with Gasteiger partial charge in [0.25, 0.3) is 0 Å². The monoisotopic (exact) mass is 298 g/mol. The molecule has 0 fully saturated rings. The fourth-order valence-corrected chi connectivity index (χ4v) is 2.50. The molecular weight excluding hydrogens is 284 g/mol. The number of rotatable bonds is 2. The standard InChI is InChI=1S/C17H15ClN2O/c1-11-9-13-5-8-15(21-2)10-16(13)17(20-19-11)12-3-6-14(18)7-4-12/h3-8,10H,9H2,1-2H3. The summed E-state index contributed by atoms with van der Waals surface area (Å²) in [4.78, 5) is 0. The smallest absolute Gasteiger partial charge is 0.119 e. The molecule has 3 nitrogen and oxygen atoms in total. The largest absolute Gasteiger partial charge is 0.497 e. The number of hydrogen-bond acceptors (Lipinski definition) is 3. The zero-order valence-corrected chi connectivity index (χ0v) is 12.7. The molecule has 0 unspecified atom stereocenters. The number of fused-ring (bicyclic) bond motifs is 1. The summed E-state index contributed by atoms with van der Waals surface area (Å²) in [6.07, 6.45) is 0.792. The lowest BCUT2D eigenvalue weighted by Gasteiger charge is -2.11. The van der Waals surface area contributed by atoms with E-state index in [4.69, 9.17) is 16.3 Å². The van der Waals surface area contributed by atoms with Gasteiger partial charge in [-0.3, -0.25) is 0 Å². The molecule has 0 spiro atoms. The molecule has 0 saturated carbocycles. The summed E-state index contributed by atoms with van der Waals surface area (Å²) in [7, 11) is 1.67. The highest BCUT2D eigenvalue weighted by atomic mass is 35.5. The van der Waals surface area contributed by atoms with Crippen LogP contribution in [0.25, 0.3) is 0 Å². The van der Waals surface area contributed by atoms with E-state index >= 15 is 0 Å². The second-order valence-corrected chi connectivity index (χ2v) is 5.43. The van der Waals surface area contributed by atoms with Crippen molar-refractivity contribution in [3.63, 3.8) is 0 Å². The summed E-state index contributed by atoms with van der Waals surface area (Å²) in [5.41, 5.74) is 5.08. The molecule has 0 bridgehead atoms. The lowest BCUT2D eigenvalue weighted by molar-refractivity contribution is 0.414. The first-order chi connectivity index (χ1) is 10.2. The SMILES string of the molecule is COc1ccc2c(c1)C(c1ccc(Cl)cc1)=NN=C(C)C2. The van der Waals surface area contributed by atoms with E-state index in [-0.39, 0.29) is 0 Å². The Kier molecular flexibility index (Phi) is 3.76. The molecule has 106 valence electrons. The topological polar surface area (TPSA) is 34.0 Å². The molecule has 0 atom stereocenters. The van der Waals surface area contributed by atoms with E-state index in [0.717, 1.165) is 34.7 Å². The van der Waals surface area contributed by atoms with Crippen molar-refractivity contribution < 1.29 is 4.74 Å². The normalized spacial score (nSPS) is 13.9. The minimum atomic E-state index is 0.707. The Morgan fingerprint density at radius 3 is 2.52 bits per heavy atom. The Labute approximate surface area is 128 Å². The average molecular weight is 299 g/mol. The molecule has 1 aliphatic heterocycles. The van der Waals surface area contributed by atoms with E-state index in [9.17, 15) is 0 Å². The maximum absolute atomic E-state index is 5.97. The van der Waals surface area contributed by atoms with E-state index in [2.05, 4.69) is 16.3 Å². The second kappa shape index (κ2) is 5.70. The van der Waals surface area contributed by atoms with Crippen molar-refractivity contribution in [1.29, 1.82) is 0 Å². The zero-order valence-electron chi connectivity index (χ0n) is 11.9. The molecule has 2 aromatic carbocycles. The third kappa shape index (κ3) is 2.83. The van der Waals surface area contributed by atoms with Gasteiger partial charge in [-0.1, -0.05) is 29.8 Å². The first kappa shape index (κ1) is 13.8. The van der Waals surface area contributed by atoms with E-state index in [0.29, 0.717) is 5.02 Å². The van der Waals surface area contributed by atoms with Crippen molar-refractivity contribution >= 4 is 23.0 Å². The number of halogens is 1. The summed E-state index contributed by atoms with van der Waals surface area (Å²) in [5, 5.41) is 9.44. The van der Waals surface area contributed by atoms with Crippen LogP contribution in [0.1, 0.15) is 23.6 Å². The molecule has 4 heteroatoms. The molecule has 0 radical (unpaired) electrons. The number of hydrogen-bond donors (Lipinski definition) is 0. The van der Waals surface area contributed by atoms with Gasteiger partial charge in [0.15, 0.2) is 0 Å². The average Bonchev–Trinajstić information content (AvgIpc) is 2.66. The van der Waals surface area contributed by atoms with Gasteiger partial charge in [0.2, 0.25) is 0 Å². The van der Waals surface area contributed by atoms with Gasteiger partial charge in [-0.15, -0.1) is 5.10 Å². The van der Waals surface area contributed by atoms with Crippen LogP contribution >= 0.6 is 11.6 Å². The van der Waals surface area contributed by atoms with E-state index < -0.39 is 0 Å². The first-order valence-corrected chi connectivity index (χ1v) is 7.09. The van der Waals surface area contributed by atoms with Crippen LogP contribution in [0.15, 0.2) is 52.7 Å². The van der Waals surface area contributed by atoms with Crippen LogP contribution in [0.3, 0.4) is 0 Å². The minimum absolute atomic E-state index is 0.707. The predicted molar refractivity (Wildman–Crippen MR) is 86.9 cm³/mol. The summed E-state index contributed by atoms with van der Waals surface area (Å²) in [6.45, 7) is 1.99. The van der Waals surface area contributed by atoms with E-state index in [1.807, 2.05) is 43.3 Å². The van der Waals surface area contributed by atoms with Crippen LogP contribution in [0.5, 0.6) is 5.75 Å². The van der Waals surface area contributed by atoms with E-state index in [1.54, 1.807) is 7.11 Å². The van der Waals surface area contributed by atoms with Crippen LogP contribution in [0.4, 0.5) is 0 Å². The highest BCUT2D eigenvalue weighted by Gasteiger charge is 2.16. The van der Waals surface area contributed by atoms with Gasteiger partial charge in [0.05, 0.1) is 7.11 Å². The van der Waals surface area contributed by atoms with Crippen molar-refractivity contribution in [2.75, 3.05) is 7.11 Å². The molecule has 0 aliphatic carbocycles. The van der Waals surface area contributed by atoms with Crippen LogP contribution < -0.4 is 4.74 Å². The van der Waals surface area contributed by atoms with Crippen molar-refractivity contribution in [3.8, 4) is 5.75 Å². The molecule has 1 aliphatic rings. The molecule has 0 saturated heterocycles. The summed E-state index contributed by atoms with van der Waals surface area (Å²) in [6, 6.07) is 13.7. The van der Waals surface area contributed by atoms with Crippen LogP contribution in [0, 0.1) is 0 Å². The van der Waals surface area contributed by atoms with Gasteiger partial charge in [0, 0.05) is 28.3 Å². The van der Waals surface area contributed by atoms with Gasteiger partial charge in [-0.05, 0) is 36.8 Å². The summed E-state index contributed by atoms with van der Waals surface area (Å²) in [5.74, 6) is 0.815. The zero-order chi connectivity index (χ0) is 14.8. The Morgan fingerprint density at radius 2 is 1.81 bits per heavy atom. The van der Waals surface area contributed by atoms with Crippen LogP contribution in [-0.2, 0) is 6.42 Å². The third-order valence-electron chi connectivity index (χ3n) is 3.46. The van der Waals surface area contributed by atoms with E-state index in [1.165, 1.54) is 5.56 Å². The van der Waals surface area contributed by atoms with Gasteiger partial charge in [-0.25, -0.2) is 0 Å². The molecule has 0 amide bonds. The summed E-state index contributed by atoms with van der Waals surface area (Å²) >= 11 is 5.97. The maximum Gasteiger partial charge on any atom is 0.119 e. The first-order valence-electron chi connectivity index (χ1n) is 6.72.